The van der Waals surface area contributed by atoms with Crippen LogP contribution in [-0.4, -0.2) is 19.4 Å². The predicted molar refractivity (Wildman–Crippen MR) is 110 cm³/mol. The lowest BCUT2D eigenvalue weighted by Crippen LogP contribution is -1.95. The van der Waals surface area contributed by atoms with Gasteiger partial charge in [0, 0.05) is 23.3 Å². The van der Waals surface area contributed by atoms with Gasteiger partial charge in [-0.2, -0.15) is 0 Å². The average molecular weight is 384 g/mol. The molecule has 0 atom stereocenters. The van der Waals surface area contributed by atoms with Crippen molar-refractivity contribution in [2.75, 3.05) is 0 Å². The number of benzene rings is 2. The molecule has 0 N–H and O–H groups in total. The van der Waals surface area contributed by atoms with E-state index < -0.39 is 0 Å². The average Bonchev–Trinajstić information content (AvgIpc) is 3.35. The molecule has 0 saturated carbocycles. The third kappa shape index (κ3) is 3.14. The molecule has 0 spiro atoms. The van der Waals surface area contributed by atoms with Crippen LogP contribution in [0.1, 0.15) is 5.56 Å². The van der Waals surface area contributed by atoms with Crippen molar-refractivity contribution in [1.29, 1.82) is 0 Å². The lowest BCUT2D eigenvalue weighted by atomic mass is 10.1. The van der Waals surface area contributed by atoms with Gasteiger partial charge in [-0.3, -0.25) is 4.40 Å². The van der Waals surface area contributed by atoms with Crippen LogP contribution in [0.2, 0.25) is 0 Å². The quantitative estimate of drug-likeness (QED) is 0.423. The molecule has 0 fully saturated rings. The Hall–Kier alpha value is -3.51. The molecule has 0 aliphatic rings. The van der Waals surface area contributed by atoms with Gasteiger partial charge in [-0.15, -0.1) is 11.3 Å². The molecule has 5 aromatic rings. The number of hydrogen-bond acceptors (Lipinski definition) is 5. The van der Waals surface area contributed by atoms with E-state index in [1.165, 1.54) is 0 Å². The van der Waals surface area contributed by atoms with Gasteiger partial charge in [-0.05, 0) is 23.8 Å². The van der Waals surface area contributed by atoms with Crippen molar-refractivity contribution in [2.24, 2.45) is 0 Å². The standard InChI is InChI=1S/C22H16N4OS/c1-2-5-16(6-3-1)14-27-18-8-4-7-17(13-18)20-21(19-9-10-23-15-24-19)26-11-12-28-22(26)25-20/h1-13,15H,14H2. The van der Waals surface area contributed by atoms with Crippen molar-refractivity contribution in [1.82, 2.24) is 19.4 Å². The topological polar surface area (TPSA) is 52.3 Å². The zero-order chi connectivity index (χ0) is 18.8. The number of thiazole rings is 1. The molecule has 3 heterocycles. The van der Waals surface area contributed by atoms with Gasteiger partial charge in [0.15, 0.2) is 4.96 Å². The second-order valence-electron chi connectivity index (χ2n) is 6.26. The number of hydrogen-bond donors (Lipinski definition) is 0. The second kappa shape index (κ2) is 7.25. The lowest BCUT2D eigenvalue weighted by molar-refractivity contribution is 0.306. The Balaban J connectivity index is 1.53. The third-order valence-corrected chi connectivity index (χ3v) is 5.20. The fourth-order valence-corrected chi connectivity index (χ4v) is 3.85. The summed E-state index contributed by atoms with van der Waals surface area (Å²) in [6, 6.07) is 20.1. The fraction of sp³-hybridized carbons (Fsp3) is 0.0455. The molecule has 0 saturated heterocycles. The van der Waals surface area contributed by atoms with Gasteiger partial charge in [0.05, 0.1) is 11.4 Å². The highest BCUT2D eigenvalue weighted by atomic mass is 32.1. The van der Waals surface area contributed by atoms with Crippen molar-refractivity contribution >= 4 is 16.3 Å². The van der Waals surface area contributed by atoms with E-state index in [0.717, 1.165) is 38.9 Å². The predicted octanol–water partition coefficient (Wildman–Crippen LogP) is 5.10. The minimum absolute atomic E-state index is 0.529. The van der Waals surface area contributed by atoms with Crippen LogP contribution >= 0.6 is 11.3 Å². The molecule has 5 nitrogen and oxygen atoms in total. The van der Waals surface area contributed by atoms with E-state index in [1.54, 1.807) is 23.9 Å². The van der Waals surface area contributed by atoms with Crippen LogP contribution in [0.4, 0.5) is 0 Å². The summed E-state index contributed by atoms with van der Waals surface area (Å²) in [6.07, 6.45) is 5.32. The lowest BCUT2D eigenvalue weighted by Gasteiger charge is -2.09. The number of rotatable bonds is 5. The first-order chi connectivity index (χ1) is 13.9. The summed E-state index contributed by atoms with van der Waals surface area (Å²) in [4.78, 5) is 14.2. The highest BCUT2D eigenvalue weighted by Crippen LogP contribution is 2.34. The zero-order valence-electron chi connectivity index (χ0n) is 14.9. The maximum absolute atomic E-state index is 6.00. The minimum Gasteiger partial charge on any atom is -0.489 e. The molecule has 0 radical (unpaired) electrons. The van der Waals surface area contributed by atoms with Gasteiger partial charge in [0.2, 0.25) is 0 Å². The summed E-state index contributed by atoms with van der Waals surface area (Å²) >= 11 is 1.60. The summed E-state index contributed by atoms with van der Waals surface area (Å²) in [6.45, 7) is 0.529. The molecule has 0 aliphatic carbocycles. The van der Waals surface area contributed by atoms with Crippen LogP contribution in [0.25, 0.3) is 27.6 Å². The van der Waals surface area contributed by atoms with Gasteiger partial charge < -0.3 is 4.74 Å². The maximum Gasteiger partial charge on any atom is 0.194 e. The molecule has 0 amide bonds. The Morgan fingerprint density at radius 1 is 1.00 bits per heavy atom. The van der Waals surface area contributed by atoms with E-state index in [0.29, 0.717) is 6.61 Å². The fourth-order valence-electron chi connectivity index (χ4n) is 3.14. The Labute approximate surface area is 165 Å². The van der Waals surface area contributed by atoms with Crippen LogP contribution in [0, 0.1) is 0 Å². The van der Waals surface area contributed by atoms with E-state index >= 15 is 0 Å². The van der Waals surface area contributed by atoms with E-state index in [4.69, 9.17) is 9.72 Å². The van der Waals surface area contributed by atoms with Crippen LogP contribution < -0.4 is 4.74 Å². The minimum atomic E-state index is 0.529. The first-order valence-corrected chi connectivity index (χ1v) is 9.75. The molecule has 5 rings (SSSR count). The molecular formula is C22H16N4OS. The molecular weight excluding hydrogens is 368 g/mol. The number of aromatic nitrogens is 4. The molecule has 0 unspecified atom stereocenters. The van der Waals surface area contributed by atoms with E-state index in [-0.39, 0.29) is 0 Å². The smallest absolute Gasteiger partial charge is 0.194 e. The number of ether oxygens (including phenoxy) is 1. The van der Waals surface area contributed by atoms with Crippen LogP contribution in [-0.2, 0) is 6.61 Å². The largest absolute Gasteiger partial charge is 0.489 e. The molecule has 0 bridgehead atoms. The number of imidazole rings is 1. The SMILES string of the molecule is c1ccc(COc2cccc(-c3nc4sccn4c3-c3ccncn3)c2)cc1. The maximum atomic E-state index is 6.00. The Kier molecular flexibility index (Phi) is 4.31. The normalized spacial score (nSPS) is 11.0. The number of nitrogens with zero attached hydrogens (tertiary/aromatic N) is 4. The third-order valence-electron chi connectivity index (χ3n) is 4.44. The Morgan fingerprint density at radius 2 is 1.93 bits per heavy atom. The Bertz CT molecular complexity index is 1220. The summed E-state index contributed by atoms with van der Waals surface area (Å²) in [5.74, 6) is 0.811. The summed E-state index contributed by atoms with van der Waals surface area (Å²) in [7, 11) is 0. The molecule has 6 heteroatoms. The van der Waals surface area contributed by atoms with Crippen molar-refractivity contribution in [3.05, 3.63) is 90.3 Å². The van der Waals surface area contributed by atoms with Gasteiger partial charge in [0.25, 0.3) is 0 Å². The molecule has 136 valence electrons. The van der Waals surface area contributed by atoms with Crippen molar-refractivity contribution in [2.45, 2.75) is 6.61 Å². The Morgan fingerprint density at radius 3 is 2.79 bits per heavy atom. The molecule has 3 aromatic heterocycles. The summed E-state index contributed by atoms with van der Waals surface area (Å²) in [5.41, 5.74) is 4.81. The zero-order valence-corrected chi connectivity index (χ0v) is 15.7. The van der Waals surface area contributed by atoms with Gasteiger partial charge >= 0.3 is 0 Å². The highest BCUT2D eigenvalue weighted by Gasteiger charge is 2.18. The monoisotopic (exact) mass is 384 g/mol. The van der Waals surface area contributed by atoms with Crippen molar-refractivity contribution in [3.63, 3.8) is 0 Å². The number of fused-ring (bicyclic) bond motifs is 1. The van der Waals surface area contributed by atoms with Crippen LogP contribution in [0.15, 0.2) is 84.8 Å². The first kappa shape index (κ1) is 16.6. The summed E-state index contributed by atoms with van der Waals surface area (Å²) < 4.78 is 8.07. The van der Waals surface area contributed by atoms with E-state index in [2.05, 4.69) is 26.5 Å². The van der Waals surface area contributed by atoms with Gasteiger partial charge in [-0.1, -0.05) is 42.5 Å². The van der Waals surface area contributed by atoms with Crippen LogP contribution in [0.3, 0.4) is 0 Å². The van der Waals surface area contributed by atoms with E-state index in [9.17, 15) is 0 Å². The first-order valence-electron chi connectivity index (χ1n) is 8.87. The van der Waals surface area contributed by atoms with E-state index in [1.807, 2.05) is 60.1 Å². The highest BCUT2D eigenvalue weighted by molar-refractivity contribution is 7.15. The molecule has 0 aliphatic heterocycles. The van der Waals surface area contributed by atoms with Crippen molar-refractivity contribution in [3.8, 4) is 28.4 Å². The molecule has 2 aromatic carbocycles. The summed E-state index contributed by atoms with van der Waals surface area (Å²) in [5, 5.41) is 2.02. The van der Waals surface area contributed by atoms with Gasteiger partial charge in [-0.25, -0.2) is 15.0 Å². The molecule has 28 heavy (non-hydrogen) atoms. The second-order valence-corrected chi connectivity index (χ2v) is 7.13. The van der Waals surface area contributed by atoms with Gasteiger partial charge in [0.1, 0.15) is 24.4 Å². The van der Waals surface area contributed by atoms with Crippen molar-refractivity contribution < 1.29 is 4.74 Å². The van der Waals surface area contributed by atoms with Crippen LogP contribution in [0.5, 0.6) is 5.75 Å².